The third-order valence-corrected chi connectivity index (χ3v) is 7.87. The molecule has 1 amide bonds. The normalized spacial score (nSPS) is 11.4. The quantitative estimate of drug-likeness (QED) is 0.0703. The molecule has 2 aromatic heterocycles. The third kappa shape index (κ3) is 9.54. The third-order valence-electron chi connectivity index (χ3n) is 5.97. The number of benzene rings is 2. The molecule has 2 heterocycles. The molecule has 0 aliphatic heterocycles. The Labute approximate surface area is 316 Å². The fraction of sp³-hybridized carbons (Fsp3) is 0.125. The van der Waals surface area contributed by atoms with Gasteiger partial charge in [0.2, 0.25) is 23.1 Å². The predicted molar refractivity (Wildman–Crippen MR) is 156 cm³/mol. The van der Waals surface area contributed by atoms with E-state index >= 15 is 0 Å². The second-order valence-corrected chi connectivity index (χ2v) is 12.0. The summed E-state index contributed by atoms with van der Waals surface area (Å²) in [6.07, 6.45) is 0. The number of primary amides is 1. The Morgan fingerprint density at radius 3 is 2.02 bits per heavy atom. The first-order valence-electron chi connectivity index (χ1n) is 12.3. The number of hydrogen-bond donors (Lipinski definition) is 4. The summed E-state index contributed by atoms with van der Waals surface area (Å²) in [6.45, 7) is 2.70. The van der Waals surface area contributed by atoms with Gasteiger partial charge in [0.05, 0.1) is 9.79 Å². The number of anilines is 4. The van der Waals surface area contributed by atoms with Crippen molar-refractivity contribution in [3.05, 3.63) is 69.2 Å². The number of nitrogens with one attached hydrogen (secondary N) is 2. The standard InChI is InChI=1S/C24H22ClN9O9S2.2Na/c1-3-34-20(36)17(19(26)35)11(2)18(21(34)37)33-32-15-10-13(6-9-16(15)45(41,42)43)28-24-30-22(25)29-23(31-24)27-12-4-7-14(8-5-12)44(38,39)40;;/h4-10,36H,3H2,1-2H3,(H2,26,35)(H,38,39,40)(H,41,42,43)(H2,27,28,29,30,31);;/q;2*+1/p-2. The summed E-state index contributed by atoms with van der Waals surface area (Å²) in [7, 11) is -9.77. The molecule has 236 valence electrons. The Kier molecular flexibility index (Phi) is 13.6. The molecule has 4 rings (SSSR count). The molecule has 0 radical (unpaired) electrons. The average Bonchev–Trinajstić information content (AvgIpc) is 2.92. The fourth-order valence-corrected chi connectivity index (χ4v) is 5.15. The van der Waals surface area contributed by atoms with Crippen LogP contribution in [0.25, 0.3) is 0 Å². The van der Waals surface area contributed by atoms with Crippen LogP contribution in [0.5, 0.6) is 5.88 Å². The largest absolute Gasteiger partial charge is 1.00 e. The maximum Gasteiger partial charge on any atom is 1.00 e. The van der Waals surface area contributed by atoms with Gasteiger partial charge in [0.15, 0.2) is 5.69 Å². The van der Waals surface area contributed by atoms with E-state index in [1.165, 1.54) is 32.0 Å². The summed E-state index contributed by atoms with van der Waals surface area (Å²) in [5, 5.41) is 23.1. The molecule has 0 bridgehead atoms. The van der Waals surface area contributed by atoms with E-state index in [9.17, 15) is 40.6 Å². The second-order valence-electron chi connectivity index (χ2n) is 8.90. The molecule has 0 aliphatic rings. The predicted octanol–water partition coefficient (Wildman–Crippen LogP) is -3.46. The molecule has 0 spiro atoms. The van der Waals surface area contributed by atoms with Gasteiger partial charge in [0.25, 0.3) is 11.5 Å². The van der Waals surface area contributed by atoms with E-state index in [1.807, 2.05) is 0 Å². The SMILES string of the molecule is CCn1c(O)c(C(N)=O)c(C)c(N=Nc2cc(Nc3nc(Cl)nc(Nc4ccc(S(=O)(=O)[O-])cc4)n3)ccc2S(=O)(=O)[O-])c1=O.[Na+].[Na+]. The van der Waals surface area contributed by atoms with Crippen LogP contribution >= 0.6 is 11.6 Å². The Bertz CT molecular complexity index is 2150. The summed E-state index contributed by atoms with van der Waals surface area (Å²) in [5.41, 5.74) is 3.33. The average molecular weight is 724 g/mol. The molecule has 47 heavy (non-hydrogen) atoms. The molecule has 0 atom stereocenters. The van der Waals surface area contributed by atoms with Crippen molar-refractivity contribution in [2.45, 2.75) is 30.2 Å². The van der Waals surface area contributed by atoms with Crippen molar-refractivity contribution in [3.63, 3.8) is 0 Å². The van der Waals surface area contributed by atoms with Crippen LogP contribution in [-0.4, -0.2) is 56.5 Å². The number of nitrogens with two attached hydrogens (primary N) is 1. The molecule has 0 fully saturated rings. The summed E-state index contributed by atoms with van der Waals surface area (Å²) in [4.78, 5) is 35.5. The Morgan fingerprint density at radius 1 is 0.957 bits per heavy atom. The summed E-state index contributed by atoms with van der Waals surface area (Å²) >= 11 is 6.00. The molecule has 5 N–H and O–H groups in total. The summed E-state index contributed by atoms with van der Waals surface area (Å²) in [5.74, 6) is -2.04. The summed E-state index contributed by atoms with van der Waals surface area (Å²) < 4.78 is 70.1. The van der Waals surface area contributed by atoms with E-state index in [4.69, 9.17) is 17.3 Å². The van der Waals surface area contributed by atoms with Crippen molar-refractivity contribution in [1.29, 1.82) is 0 Å². The zero-order chi connectivity index (χ0) is 33.3. The van der Waals surface area contributed by atoms with Gasteiger partial charge >= 0.3 is 59.1 Å². The van der Waals surface area contributed by atoms with Gasteiger partial charge in [-0.3, -0.25) is 14.2 Å². The number of nitrogens with zero attached hydrogens (tertiary/aromatic N) is 6. The molecule has 23 heteroatoms. The topological polar surface area (TPSA) is 287 Å². The van der Waals surface area contributed by atoms with Crippen molar-refractivity contribution < 1.29 is 95.0 Å². The number of carbonyl (C=O) groups is 1. The van der Waals surface area contributed by atoms with Gasteiger partial charge in [0, 0.05) is 23.5 Å². The smallest absolute Gasteiger partial charge is 0.744 e. The van der Waals surface area contributed by atoms with Crippen molar-refractivity contribution in [1.82, 2.24) is 19.5 Å². The maximum absolute atomic E-state index is 12.9. The number of pyridine rings is 1. The molecule has 4 aromatic rings. The van der Waals surface area contributed by atoms with Crippen molar-refractivity contribution in [2.24, 2.45) is 16.0 Å². The zero-order valence-corrected chi connectivity index (χ0v) is 31.3. The molecule has 2 aromatic carbocycles. The number of rotatable bonds is 10. The van der Waals surface area contributed by atoms with E-state index in [1.54, 1.807) is 0 Å². The van der Waals surface area contributed by atoms with E-state index in [2.05, 4.69) is 35.8 Å². The van der Waals surface area contributed by atoms with Gasteiger partial charge in [-0.1, -0.05) is 0 Å². The Hall–Kier alpha value is -3.02. The molecule has 18 nitrogen and oxygen atoms in total. The van der Waals surface area contributed by atoms with Gasteiger partial charge in [-0.2, -0.15) is 15.0 Å². The van der Waals surface area contributed by atoms with Crippen LogP contribution in [0.1, 0.15) is 22.8 Å². The van der Waals surface area contributed by atoms with Crippen LogP contribution in [0, 0.1) is 6.92 Å². The van der Waals surface area contributed by atoms with Gasteiger partial charge in [-0.05, 0) is 67.9 Å². The van der Waals surface area contributed by atoms with E-state index in [0.717, 1.165) is 28.8 Å². The number of aromatic nitrogens is 4. The first-order chi connectivity index (χ1) is 21.0. The van der Waals surface area contributed by atoms with Gasteiger partial charge in [-0.15, -0.1) is 10.2 Å². The van der Waals surface area contributed by atoms with Crippen LogP contribution < -0.4 is 81.0 Å². The number of azo groups is 1. The fourth-order valence-electron chi connectivity index (χ4n) is 3.93. The Morgan fingerprint density at radius 2 is 1.51 bits per heavy atom. The van der Waals surface area contributed by atoms with E-state index < -0.39 is 64.3 Å². The number of amides is 1. The minimum Gasteiger partial charge on any atom is -0.744 e. The van der Waals surface area contributed by atoms with Crippen molar-refractivity contribution in [3.8, 4) is 5.88 Å². The van der Waals surface area contributed by atoms with E-state index in [0.29, 0.717) is 0 Å². The van der Waals surface area contributed by atoms with Crippen LogP contribution in [0.15, 0.2) is 67.3 Å². The monoisotopic (exact) mass is 723 g/mol. The minimum atomic E-state index is -5.11. The minimum absolute atomic E-state index is 0. The zero-order valence-electron chi connectivity index (χ0n) is 24.9. The van der Waals surface area contributed by atoms with Crippen LogP contribution in [0.2, 0.25) is 5.28 Å². The van der Waals surface area contributed by atoms with Gasteiger partial charge < -0.3 is 30.6 Å². The number of halogens is 1. The molecule has 0 aliphatic carbocycles. The van der Waals surface area contributed by atoms with Crippen LogP contribution in [-0.2, 0) is 26.8 Å². The molecular weight excluding hydrogens is 704 g/mol. The van der Waals surface area contributed by atoms with Gasteiger partial charge in [0.1, 0.15) is 31.5 Å². The van der Waals surface area contributed by atoms with Crippen molar-refractivity contribution in [2.75, 3.05) is 10.6 Å². The van der Waals surface area contributed by atoms with Crippen LogP contribution in [0.3, 0.4) is 0 Å². The second kappa shape index (κ2) is 15.9. The first kappa shape index (κ1) is 40.2. The van der Waals surface area contributed by atoms with E-state index in [-0.39, 0.29) is 99.8 Å². The summed E-state index contributed by atoms with van der Waals surface area (Å²) in [6, 6.07) is 7.87. The first-order valence-corrected chi connectivity index (χ1v) is 15.5. The van der Waals surface area contributed by atoms with Gasteiger partial charge in [-0.25, -0.2) is 16.8 Å². The molecule has 0 saturated carbocycles. The van der Waals surface area contributed by atoms with Crippen molar-refractivity contribution >= 4 is 72.4 Å². The number of hydrogen-bond acceptors (Lipinski definition) is 16. The number of carbonyl (C=O) groups excluding carboxylic acids is 1. The maximum atomic E-state index is 12.9. The molecule has 0 saturated heterocycles. The molecule has 0 unspecified atom stereocenters. The Balaban J connectivity index is 0.00000384. The molecular formula is C24H20ClN9Na2O9S2. The number of aromatic hydroxyl groups is 1. The van der Waals surface area contributed by atoms with Crippen LogP contribution in [0.4, 0.5) is 34.6 Å².